The average molecular weight is 446 g/mol. The molecule has 7 nitrogen and oxygen atoms in total. The Morgan fingerprint density at radius 2 is 1.75 bits per heavy atom. The first-order valence-electron chi connectivity index (χ1n) is 11.1. The number of fused-ring (bicyclic) bond motifs is 1. The number of hydrogen-bond donors (Lipinski definition) is 1. The van der Waals surface area contributed by atoms with E-state index in [0.717, 1.165) is 6.42 Å². The highest BCUT2D eigenvalue weighted by molar-refractivity contribution is 5.81. The van der Waals surface area contributed by atoms with E-state index in [2.05, 4.69) is 25.8 Å². The minimum Gasteiger partial charge on any atom is -0.497 e. The molecule has 32 heavy (non-hydrogen) atoms. The van der Waals surface area contributed by atoms with Crippen molar-refractivity contribution >= 4 is 16.9 Å². The van der Waals surface area contributed by atoms with Gasteiger partial charge < -0.3 is 14.7 Å². The minimum atomic E-state index is -1.04. The summed E-state index contributed by atoms with van der Waals surface area (Å²) in [5.74, 6) is 0.373. The Labute approximate surface area is 191 Å². The minimum absolute atomic E-state index is 0.0328. The van der Waals surface area contributed by atoms with Gasteiger partial charge in [0.05, 0.1) is 23.7 Å². The van der Waals surface area contributed by atoms with Crippen molar-refractivity contribution in [2.24, 2.45) is 5.41 Å². The Bertz CT molecular complexity index is 1020. The highest BCUT2D eigenvalue weighted by Gasteiger charge is 2.27. The van der Waals surface area contributed by atoms with Gasteiger partial charge in [-0.15, -0.1) is 0 Å². The number of aliphatic hydroxyl groups is 1. The maximum atomic E-state index is 13.4. The standard InChI is InChI=1S/C25H39N3O4/c1-23(2,3)12-13-27(16-25(7,8)31)20(29)15-28-19-14-17(32-9)10-11-18(19)26-21(22(28)30)24(4,5)6/h10-11,14,31H,12-13,15-16H2,1-9H3. The van der Waals surface area contributed by atoms with Crippen LogP contribution >= 0.6 is 0 Å². The van der Waals surface area contributed by atoms with E-state index in [1.807, 2.05) is 20.8 Å². The first-order valence-corrected chi connectivity index (χ1v) is 11.1. The molecule has 0 saturated heterocycles. The largest absolute Gasteiger partial charge is 0.497 e. The van der Waals surface area contributed by atoms with Crippen LogP contribution < -0.4 is 10.3 Å². The van der Waals surface area contributed by atoms with Crippen LogP contribution in [0.15, 0.2) is 23.0 Å². The van der Waals surface area contributed by atoms with Crippen LogP contribution in [0, 0.1) is 5.41 Å². The van der Waals surface area contributed by atoms with Crippen LogP contribution in [0.5, 0.6) is 5.75 Å². The molecule has 1 heterocycles. The molecule has 0 unspecified atom stereocenters. The maximum absolute atomic E-state index is 13.4. The Kier molecular flexibility index (Phi) is 7.45. The van der Waals surface area contributed by atoms with Crippen molar-refractivity contribution in [3.8, 4) is 5.75 Å². The predicted octanol–water partition coefficient (Wildman–Crippen LogP) is 3.74. The number of ether oxygens (including phenoxy) is 1. The van der Waals surface area contributed by atoms with Crippen LogP contribution in [-0.2, 0) is 16.8 Å². The normalized spacial score (nSPS) is 12.8. The molecule has 0 radical (unpaired) electrons. The topological polar surface area (TPSA) is 84.7 Å². The Morgan fingerprint density at radius 3 is 2.25 bits per heavy atom. The van der Waals surface area contributed by atoms with E-state index in [9.17, 15) is 14.7 Å². The lowest BCUT2D eigenvalue weighted by Crippen LogP contribution is -2.46. The van der Waals surface area contributed by atoms with Crippen LogP contribution in [0.2, 0.25) is 0 Å². The molecule has 2 aromatic rings. The summed E-state index contributed by atoms with van der Waals surface area (Å²) in [6.45, 7) is 16.1. The van der Waals surface area contributed by atoms with Crippen LogP contribution in [-0.4, -0.2) is 51.3 Å². The lowest BCUT2D eigenvalue weighted by atomic mass is 9.92. The van der Waals surface area contributed by atoms with Crippen molar-refractivity contribution in [3.05, 3.63) is 34.2 Å². The third kappa shape index (κ3) is 6.79. The lowest BCUT2D eigenvalue weighted by Gasteiger charge is -2.32. The molecule has 1 N–H and O–H groups in total. The predicted molar refractivity (Wildman–Crippen MR) is 128 cm³/mol. The number of amides is 1. The molecule has 0 spiro atoms. The van der Waals surface area contributed by atoms with Gasteiger partial charge in [0.1, 0.15) is 18.0 Å². The van der Waals surface area contributed by atoms with Gasteiger partial charge in [-0.25, -0.2) is 4.98 Å². The van der Waals surface area contributed by atoms with E-state index < -0.39 is 11.0 Å². The Hall–Kier alpha value is -2.41. The fraction of sp³-hybridized carbons (Fsp3) is 0.640. The zero-order chi connectivity index (χ0) is 24.5. The van der Waals surface area contributed by atoms with Gasteiger partial charge in [0.2, 0.25) is 5.91 Å². The second kappa shape index (κ2) is 9.22. The fourth-order valence-electron chi connectivity index (χ4n) is 3.46. The van der Waals surface area contributed by atoms with E-state index >= 15 is 0 Å². The summed E-state index contributed by atoms with van der Waals surface area (Å²) in [6, 6.07) is 5.33. The quantitative estimate of drug-likeness (QED) is 0.702. The first-order chi connectivity index (χ1) is 14.5. The number of aromatic nitrogens is 2. The number of nitrogens with zero attached hydrogens (tertiary/aromatic N) is 3. The molecule has 0 fully saturated rings. The highest BCUT2D eigenvalue weighted by Crippen LogP contribution is 2.24. The highest BCUT2D eigenvalue weighted by atomic mass is 16.5. The number of benzene rings is 1. The summed E-state index contributed by atoms with van der Waals surface area (Å²) in [5, 5.41) is 10.4. The number of carbonyl (C=O) groups excluding carboxylic acids is 1. The monoisotopic (exact) mass is 445 g/mol. The van der Waals surface area contributed by atoms with Gasteiger partial charge >= 0.3 is 0 Å². The van der Waals surface area contributed by atoms with Gasteiger partial charge in [0, 0.05) is 24.6 Å². The number of methoxy groups -OCH3 is 1. The van der Waals surface area contributed by atoms with Gasteiger partial charge in [-0.1, -0.05) is 41.5 Å². The SMILES string of the molecule is COc1ccc2nc(C(C)(C)C)c(=O)n(CC(=O)N(CCC(C)(C)C)CC(C)(C)O)c2c1. The molecule has 7 heteroatoms. The van der Waals surface area contributed by atoms with Crippen molar-refractivity contribution in [1.29, 1.82) is 0 Å². The lowest BCUT2D eigenvalue weighted by molar-refractivity contribution is -0.135. The van der Waals surface area contributed by atoms with Crippen molar-refractivity contribution in [2.75, 3.05) is 20.2 Å². The zero-order valence-electron chi connectivity index (χ0n) is 21.1. The maximum Gasteiger partial charge on any atom is 0.273 e. The molecule has 1 aromatic carbocycles. The fourth-order valence-corrected chi connectivity index (χ4v) is 3.46. The molecular weight excluding hydrogens is 406 g/mol. The van der Waals surface area contributed by atoms with Gasteiger partial charge in [0.25, 0.3) is 5.56 Å². The molecule has 0 atom stereocenters. The van der Waals surface area contributed by atoms with Gasteiger partial charge in [-0.3, -0.25) is 14.2 Å². The van der Waals surface area contributed by atoms with Gasteiger partial charge in [-0.05, 0) is 37.8 Å². The number of hydrogen-bond acceptors (Lipinski definition) is 5. The van der Waals surface area contributed by atoms with E-state index in [1.165, 1.54) is 4.57 Å². The summed E-state index contributed by atoms with van der Waals surface area (Å²) < 4.78 is 6.83. The van der Waals surface area contributed by atoms with Crippen LogP contribution in [0.4, 0.5) is 0 Å². The molecular formula is C25H39N3O4. The van der Waals surface area contributed by atoms with Crippen molar-refractivity contribution in [1.82, 2.24) is 14.5 Å². The van der Waals surface area contributed by atoms with Crippen molar-refractivity contribution in [2.45, 2.75) is 79.4 Å². The summed E-state index contributed by atoms with van der Waals surface area (Å²) in [6.07, 6.45) is 0.780. The second-order valence-corrected chi connectivity index (χ2v) is 11.4. The third-order valence-electron chi connectivity index (χ3n) is 5.22. The molecule has 0 bridgehead atoms. The number of carbonyl (C=O) groups is 1. The summed E-state index contributed by atoms with van der Waals surface area (Å²) in [7, 11) is 1.56. The van der Waals surface area contributed by atoms with Gasteiger partial charge in [0.15, 0.2) is 0 Å². The smallest absolute Gasteiger partial charge is 0.273 e. The van der Waals surface area contributed by atoms with Crippen LogP contribution in [0.1, 0.15) is 67.5 Å². The molecule has 178 valence electrons. The molecule has 0 aliphatic heterocycles. The first kappa shape index (κ1) is 25.8. The third-order valence-corrected chi connectivity index (χ3v) is 5.22. The van der Waals surface area contributed by atoms with E-state index in [1.54, 1.807) is 44.1 Å². The second-order valence-electron chi connectivity index (χ2n) is 11.4. The molecule has 0 aliphatic carbocycles. The van der Waals surface area contributed by atoms with E-state index in [-0.39, 0.29) is 30.0 Å². The Balaban J connectivity index is 2.56. The average Bonchev–Trinajstić information content (AvgIpc) is 2.64. The van der Waals surface area contributed by atoms with Gasteiger partial charge in [-0.2, -0.15) is 0 Å². The summed E-state index contributed by atoms with van der Waals surface area (Å²) in [5.41, 5.74) is -0.183. The molecule has 1 aromatic heterocycles. The Morgan fingerprint density at radius 1 is 1.12 bits per heavy atom. The molecule has 2 rings (SSSR count). The number of rotatable bonds is 7. The summed E-state index contributed by atoms with van der Waals surface area (Å²) in [4.78, 5) is 33.1. The van der Waals surface area contributed by atoms with Crippen molar-refractivity contribution < 1.29 is 14.6 Å². The zero-order valence-corrected chi connectivity index (χ0v) is 21.1. The van der Waals surface area contributed by atoms with Crippen LogP contribution in [0.3, 0.4) is 0 Å². The van der Waals surface area contributed by atoms with E-state index in [0.29, 0.717) is 29.0 Å². The van der Waals surface area contributed by atoms with Crippen LogP contribution in [0.25, 0.3) is 11.0 Å². The summed E-state index contributed by atoms with van der Waals surface area (Å²) >= 11 is 0. The molecule has 0 saturated carbocycles. The van der Waals surface area contributed by atoms with E-state index in [4.69, 9.17) is 4.74 Å². The molecule has 0 aliphatic rings. The molecule has 1 amide bonds. The van der Waals surface area contributed by atoms with Crippen molar-refractivity contribution in [3.63, 3.8) is 0 Å².